The Bertz CT molecular complexity index is 652. The van der Waals surface area contributed by atoms with Crippen LogP contribution in [-0.2, 0) is 4.79 Å². The fourth-order valence-electron chi connectivity index (χ4n) is 1.82. The predicted molar refractivity (Wildman–Crippen MR) is 84.8 cm³/mol. The third kappa shape index (κ3) is 4.39. The number of carbonyl (C=O) groups is 2. The largest absolute Gasteiger partial charge is 0.279 e. The van der Waals surface area contributed by atoms with E-state index in [0.29, 0.717) is 11.3 Å². The lowest BCUT2D eigenvalue weighted by atomic mass is 10.2. The summed E-state index contributed by atoms with van der Waals surface area (Å²) in [6.45, 7) is 1.99. The average Bonchev–Trinajstić information content (AvgIpc) is 3.01. The molecule has 0 aliphatic rings. The molecule has 0 aliphatic heterocycles. The molecule has 0 fully saturated rings. The van der Waals surface area contributed by atoms with Gasteiger partial charge < -0.3 is 0 Å². The van der Waals surface area contributed by atoms with Gasteiger partial charge in [-0.3, -0.25) is 20.4 Å². The first-order valence-corrected chi connectivity index (χ1v) is 7.86. The molecule has 0 saturated heterocycles. The Morgan fingerprint density at radius 3 is 2.50 bits per heavy atom. The number of halogens is 1. The Morgan fingerprint density at radius 2 is 1.82 bits per heavy atom. The number of benzene rings is 1. The molecule has 0 radical (unpaired) electrons. The van der Waals surface area contributed by atoms with Gasteiger partial charge in [0, 0.05) is 11.3 Å². The molecule has 0 saturated carbocycles. The van der Waals surface area contributed by atoms with Gasteiger partial charge in [0.1, 0.15) is 5.82 Å². The average molecular weight is 320 g/mol. The monoisotopic (exact) mass is 320 g/mol. The summed E-state index contributed by atoms with van der Waals surface area (Å²) in [6.07, 6.45) is 2.10. The van der Waals surface area contributed by atoms with Crippen molar-refractivity contribution in [2.24, 2.45) is 0 Å². The molecule has 1 aromatic carbocycles. The molecule has 1 aromatic heterocycles. The molecule has 0 atom stereocenters. The van der Waals surface area contributed by atoms with Crippen LogP contribution in [0, 0.1) is 5.82 Å². The van der Waals surface area contributed by atoms with Crippen LogP contribution in [-0.4, -0.2) is 11.8 Å². The van der Waals surface area contributed by atoms with E-state index in [1.54, 1.807) is 24.3 Å². The van der Waals surface area contributed by atoms with Gasteiger partial charge in [0.25, 0.3) is 5.91 Å². The molecular formula is C16H17FN2O2S. The van der Waals surface area contributed by atoms with Gasteiger partial charge in [-0.1, -0.05) is 25.5 Å². The Labute approximate surface area is 132 Å². The van der Waals surface area contributed by atoms with Crippen molar-refractivity contribution >= 4 is 23.2 Å². The molecule has 0 unspecified atom stereocenters. The minimum Gasteiger partial charge on any atom is -0.273 e. The zero-order chi connectivity index (χ0) is 15.9. The fourth-order valence-corrected chi connectivity index (χ4v) is 2.72. The Kier molecular flexibility index (Phi) is 5.66. The Hall–Kier alpha value is -2.21. The second-order valence-electron chi connectivity index (χ2n) is 4.78. The Morgan fingerprint density at radius 1 is 1.09 bits per heavy atom. The molecule has 2 rings (SSSR count). The zero-order valence-corrected chi connectivity index (χ0v) is 13.0. The summed E-state index contributed by atoms with van der Waals surface area (Å²) in [7, 11) is 0. The second kappa shape index (κ2) is 7.70. The highest BCUT2D eigenvalue weighted by molar-refractivity contribution is 7.17. The number of unbranched alkanes of at least 4 members (excludes halogenated alkanes) is 1. The second-order valence-corrected chi connectivity index (χ2v) is 5.86. The summed E-state index contributed by atoms with van der Waals surface area (Å²) in [5.41, 5.74) is 5.63. The summed E-state index contributed by atoms with van der Waals surface area (Å²) < 4.78 is 12.9. The number of hydrogen-bond donors (Lipinski definition) is 2. The van der Waals surface area contributed by atoms with Crippen molar-refractivity contribution in [1.29, 1.82) is 0 Å². The number of carbonyl (C=O) groups excluding carboxylic acids is 2. The minimum atomic E-state index is -0.358. The Balaban J connectivity index is 1.94. The van der Waals surface area contributed by atoms with Crippen LogP contribution < -0.4 is 10.9 Å². The number of hydrazine groups is 1. The quantitative estimate of drug-likeness (QED) is 0.828. The highest BCUT2D eigenvalue weighted by Crippen LogP contribution is 2.28. The summed E-state index contributed by atoms with van der Waals surface area (Å²) >= 11 is 1.28. The predicted octanol–water partition coefficient (Wildman–Crippen LogP) is 3.51. The molecule has 0 spiro atoms. The number of hydrogen-bond acceptors (Lipinski definition) is 3. The number of rotatable bonds is 5. The van der Waals surface area contributed by atoms with Crippen LogP contribution in [0.15, 0.2) is 36.4 Å². The third-order valence-electron chi connectivity index (χ3n) is 3.03. The maximum absolute atomic E-state index is 12.9. The number of nitrogens with one attached hydrogen (secondary N) is 2. The molecule has 2 N–H and O–H groups in total. The van der Waals surface area contributed by atoms with Crippen molar-refractivity contribution in [1.82, 2.24) is 10.9 Å². The fraction of sp³-hybridized carbons (Fsp3) is 0.250. The van der Waals surface area contributed by atoms with Crippen molar-refractivity contribution < 1.29 is 14.0 Å². The lowest BCUT2D eigenvalue weighted by molar-refractivity contribution is -0.121. The maximum Gasteiger partial charge on any atom is 0.279 e. The van der Waals surface area contributed by atoms with Crippen LogP contribution >= 0.6 is 11.3 Å². The molecule has 6 heteroatoms. The normalized spacial score (nSPS) is 10.3. The third-order valence-corrected chi connectivity index (χ3v) is 4.16. The first-order chi connectivity index (χ1) is 10.6. The lowest BCUT2D eigenvalue weighted by Gasteiger charge is -2.05. The van der Waals surface area contributed by atoms with Gasteiger partial charge in [-0.2, -0.15) is 0 Å². The maximum atomic E-state index is 12.9. The van der Waals surface area contributed by atoms with E-state index in [1.165, 1.54) is 23.5 Å². The topological polar surface area (TPSA) is 58.2 Å². The zero-order valence-electron chi connectivity index (χ0n) is 12.2. The van der Waals surface area contributed by atoms with E-state index in [-0.39, 0.29) is 17.6 Å². The van der Waals surface area contributed by atoms with E-state index in [9.17, 15) is 14.0 Å². The van der Waals surface area contributed by atoms with Gasteiger partial charge in [0.15, 0.2) is 0 Å². The van der Waals surface area contributed by atoms with Gasteiger partial charge in [-0.25, -0.2) is 4.39 Å². The molecular weight excluding hydrogens is 303 g/mol. The molecule has 0 bridgehead atoms. The summed E-state index contributed by atoms with van der Waals surface area (Å²) in [5, 5.41) is 0. The van der Waals surface area contributed by atoms with Gasteiger partial charge in [0.2, 0.25) is 5.91 Å². The number of thiophene rings is 1. The molecule has 1 heterocycles. The highest BCUT2D eigenvalue weighted by Gasteiger charge is 2.11. The van der Waals surface area contributed by atoms with E-state index in [4.69, 9.17) is 0 Å². The summed E-state index contributed by atoms with van der Waals surface area (Å²) in [6, 6.07) is 9.55. The molecule has 116 valence electrons. The van der Waals surface area contributed by atoms with Gasteiger partial charge in [-0.05, 0) is 36.2 Å². The summed E-state index contributed by atoms with van der Waals surface area (Å²) in [5.74, 6) is -0.859. The minimum absolute atomic E-state index is 0.203. The SMILES string of the molecule is CCCCC(=O)NNC(=O)c1ccc(-c2ccc(F)cc2)s1. The molecule has 4 nitrogen and oxygen atoms in total. The summed E-state index contributed by atoms with van der Waals surface area (Å²) in [4.78, 5) is 24.7. The van der Waals surface area contributed by atoms with E-state index >= 15 is 0 Å². The standard InChI is InChI=1S/C16H17FN2O2S/c1-2-3-4-15(20)18-19-16(21)14-10-9-13(22-14)11-5-7-12(17)8-6-11/h5-10H,2-4H2,1H3,(H,18,20)(H,19,21). The highest BCUT2D eigenvalue weighted by atomic mass is 32.1. The number of amides is 2. The van der Waals surface area contributed by atoms with Crippen molar-refractivity contribution in [3.8, 4) is 10.4 Å². The smallest absolute Gasteiger partial charge is 0.273 e. The van der Waals surface area contributed by atoms with Gasteiger partial charge in [0.05, 0.1) is 4.88 Å². The van der Waals surface area contributed by atoms with Crippen molar-refractivity contribution in [3.63, 3.8) is 0 Å². The van der Waals surface area contributed by atoms with E-state index in [0.717, 1.165) is 23.3 Å². The van der Waals surface area contributed by atoms with Crippen LogP contribution in [0.1, 0.15) is 35.9 Å². The first-order valence-electron chi connectivity index (χ1n) is 7.05. The van der Waals surface area contributed by atoms with E-state index in [1.807, 2.05) is 6.92 Å². The van der Waals surface area contributed by atoms with Crippen molar-refractivity contribution in [2.75, 3.05) is 0 Å². The van der Waals surface area contributed by atoms with E-state index < -0.39 is 0 Å². The molecule has 2 aromatic rings. The lowest BCUT2D eigenvalue weighted by Crippen LogP contribution is -2.41. The van der Waals surface area contributed by atoms with Gasteiger partial charge >= 0.3 is 0 Å². The molecule has 2 amide bonds. The van der Waals surface area contributed by atoms with E-state index in [2.05, 4.69) is 10.9 Å². The van der Waals surface area contributed by atoms with Crippen molar-refractivity contribution in [3.05, 3.63) is 47.1 Å². The molecule has 0 aliphatic carbocycles. The van der Waals surface area contributed by atoms with Crippen LogP contribution in [0.5, 0.6) is 0 Å². The first kappa shape index (κ1) is 16.2. The van der Waals surface area contributed by atoms with Crippen LogP contribution in [0.25, 0.3) is 10.4 Å². The van der Waals surface area contributed by atoms with Crippen molar-refractivity contribution in [2.45, 2.75) is 26.2 Å². The van der Waals surface area contributed by atoms with Crippen LogP contribution in [0.3, 0.4) is 0 Å². The van der Waals surface area contributed by atoms with Gasteiger partial charge in [-0.15, -0.1) is 11.3 Å². The van der Waals surface area contributed by atoms with Crippen LogP contribution in [0.2, 0.25) is 0 Å². The van der Waals surface area contributed by atoms with Crippen LogP contribution in [0.4, 0.5) is 4.39 Å². The molecule has 22 heavy (non-hydrogen) atoms.